The zero-order valence-corrected chi connectivity index (χ0v) is 9.73. The van der Waals surface area contributed by atoms with Gasteiger partial charge in [-0.15, -0.1) is 0 Å². The van der Waals surface area contributed by atoms with Crippen LogP contribution in [0.3, 0.4) is 0 Å². The smallest absolute Gasteiger partial charge is 0.0905 e. The number of rotatable bonds is 7. The van der Waals surface area contributed by atoms with Gasteiger partial charge in [0.15, 0.2) is 0 Å². The minimum atomic E-state index is 0.277. The molecule has 14 heavy (non-hydrogen) atoms. The molecule has 0 radical (unpaired) electrons. The normalized spacial score (nSPS) is 11.6. The van der Waals surface area contributed by atoms with Crippen molar-refractivity contribution in [2.24, 2.45) is 11.1 Å². The van der Waals surface area contributed by atoms with Gasteiger partial charge in [-0.3, -0.25) is 5.41 Å². The number of unbranched alkanes of at least 4 members (excludes halogenated alkanes) is 1. The van der Waals surface area contributed by atoms with Gasteiger partial charge in [-0.25, -0.2) is 0 Å². The summed E-state index contributed by atoms with van der Waals surface area (Å²) < 4.78 is 5.48. The van der Waals surface area contributed by atoms with Gasteiger partial charge < -0.3 is 10.5 Å². The van der Waals surface area contributed by atoms with Crippen molar-refractivity contribution in [2.45, 2.75) is 46.5 Å². The molecule has 0 rings (SSSR count). The predicted molar refractivity (Wildman–Crippen MR) is 60.7 cm³/mol. The quantitative estimate of drug-likeness (QED) is 0.377. The monoisotopic (exact) mass is 200 g/mol. The zero-order valence-electron chi connectivity index (χ0n) is 9.73. The molecule has 0 fully saturated rings. The van der Waals surface area contributed by atoms with Crippen LogP contribution in [0, 0.1) is 10.8 Å². The van der Waals surface area contributed by atoms with Gasteiger partial charge in [0.2, 0.25) is 0 Å². The molecule has 0 aromatic carbocycles. The van der Waals surface area contributed by atoms with Crippen molar-refractivity contribution in [1.29, 1.82) is 5.41 Å². The molecule has 3 N–H and O–H groups in total. The Kier molecular flexibility index (Phi) is 6.54. The van der Waals surface area contributed by atoms with E-state index in [1.54, 1.807) is 0 Å². The molecule has 0 aromatic heterocycles. The Morgan fingerprint density at radius 2 is 1.86 bits per heavy atom. The van der Waals surface area contributed by atoms with Gasteiger partial charge in [0, 0.05) is 19.6 Å². The third-order valence-electron chi connectivity index (χ3n) is 1.98. The summed E-state index contributed by atoms with van der Waals surface area (Å²) in [6.07, 6.45) is 3.76. The van der Waals surface area contributed by atoms with E-state index in [-0.39, 0.29) is 5.84 Å². The fourth-order valence-electron chi connectivity index (χ4n) is 1.000. The lowest BCUT2D eigenvalue weighted by molar-refractivity contribution is 0.105. The molecule has 0 aliphatic rings. The maximum absolute atomic E-state index is 7.03. The highest BCUT2D eigenvalue weighted by atomic mass is 16.5. The highest BCUT2D eigenvalue weighted by molar-refractivity contribution is 5.76. The van der Waals surface area contributed by atoms with E-state index in [4.69, 9.17) is 15.9 Å². The number of hydrogen-bond acceptors (Lipinski definition) is 2. The summed E-state index contributed by atoms with van der Waals surface area (Å²) >= 11 is 0. The molecular formula is C11H24N2O. The lowest BCUT2D eigenvalue weighted by atomic mass is 9.93. The summed E-state index contributed by atoms with van der Waals surface area (Å²) in [6, 6.07) is 0. The Balaban J connectivity index is 3.11. The van der Waals surface area contributed by atoms with Crippen molar-refractivity contribution >= 4 is 5.84 Å². The second kappa shape index (κ2) is 6.82. The Hall–Kier alpha value is -0.570. The van der Waals surface area contributed by atoms with Gasteiger partial charge in [0.25, 0.3) is 0 Å². The van der Waals surface area contributed by atoms with Crippen molar-refractivity contribution in [2.75, 3.05) is 13.2 Å². The SMILES string of the molecule is CC(C)(C)CCOCCCCC(=N)N. The highest BCUT2D eigenvalue weighted by Crippen LogP contribution is 2.17. The molecule has 0 saturated heterocycles. The summed E-state index contributed by atoms with van der Waals surface area (Å²) in [5, 5.41) is 7.03. The Bertz CT molecular complexity index is 161. The maximum atomic E-state index is 7.03. The standard InChI is InChI=1S/C11H24N2O/c1-11(2,3)7-9-14-8-5-4-6-10(12)13/h4-9H2,1-3H3,(H3,12,13). The van der Waals surface area contributed by atoms with E-state index in [1.165, 1.54) is 0 Å². The highest BCUT2D eigenvalue weighted by Gasteiger charge is 2.08. The van der Waals surface area contributed by atoms with Crippen LogP contribution >= 0.6 is 0 Å². The first-order chi connectivity index (χ1) is 6.42. The van der Waals surface area contributed by atoms with Crippen LogP contribution in [0.4, 0.5) is 0 Å². The van der Waals surface area contributed by atoms with E-state index in [1.807, 2.05) is 0 Å². The molecule has 0 saturated carbocycles. The molecule has 0 atom stereocenters. The van der Waals surface area contributed by atoms with Crippen molar-refractivity contribution < 1.29 is 4.74 Å². The van der Waals surface area contributed by atoms with Crippen molar-refractivity contribution in [3.05, 3.63) is 0 Å². The van der Waals surface area contributed by atoms with Gasteiger partial charge in [-0.1, -0.05) is 20.8 Å². The van der Waals surface area contributed by atoms with Crippen LogP contribution in [-0.4, -0.2) is 19.0 Å². The number of hydrogen-bond donors (Lipinski definition) is 2. The largest absolute Gasteiger partial charge is 0.388 e. The molecule has 0 heterocycles. The molecule has 0 aromatic rings. The Morgan fingerprint density at radius 3 is 2.36 bits per heavy atom. The van der Waals surface area contributed by atoms with E-state index in [0.29, 0.717) is 11.8 Å². The van der Waals surface area contributed by atoms with Crippen molar-refractivity contribution in [3.63, 3.8) is 0 Å². The second-order valence-electron chi connectivity index (χ2n) is 4.91. The molecule has 84 valence electrons. The minimum Gasteiger partial charge on any atom is -0.388 e. The number of ether oxygens (including phenoxy) is 1. The molecule has 0 amide bonds. The molecule has 0 unspecified atom stereocenters. The summed E-state index contributed by atoms with van der Waals surface area (Å²) in [4.78, 5) is 0. The Labute approximate surface area is 87.5 Å². The minimum absolute atomic E-state index is 0.277. The average Bonchev–Trinajstić information content (AvgIpc) is 2.00. The van der Waals surface area contributed by atoms with Crippen molar-refractivity contribution in [3.8, 4) is 0 Å². The third-order valence-corrected chi connectivity index (χ3v) is 1.98. The first-order valence-corrected chi connectivity index (χ1v) is 5.32. The molecule has 0 aliphatic carbocycles. The molecule has 0 aliphatic heterocycles. The fourth-order valence-corrected chi connectivity index (χ4v) is 1.000. The summed E-state index contributed by atoms with van der Waals surface area (Å²) in [7, 11) is 0. The van der Waals surface area contributed by atoms with E-state index >= 15 is 0 Å². The van der Waals surface area contributed by atoms with E-state index in [0.717, 1.165) is 32.5 Å². The van der Waals surface area contributed by atoms with Gasteiger partial charge >= 0.3 is 0 Å². The van der Waals surface area contributed by atoms with Crippen LogP contribution in [0.15, 0.2) is 0 Å². The topological polar surface area (TPSA) is 59.1 Å². The van der Waals surface area contributed by atoms with Crippen LogP contribution in [0.5, 0.6) is 0 Å². The third kappa shape index (κ3) is 11.4. The number of nitrogens with one attached hydrogen (secondary N) is 1. The molecule has 0 bridgehead atoms. The first kappa shape index (κ1) is 13.4. The molecular weight excluding hydrogens is 176 g/mol. The summed E-state index contributed by atoms with van der Waals surface area (Å²) in [6.45, 7) is 8.28. The molecule has 3 heteroatoms. The van der Waals surface area contributed by atoms with Crippen LogP contribution in [-0.2, 0) is 4.74 Å². The van der Waals surface area contributed by atoms with E-state index < -0.39 is 0 Å². The predicted octanol–water partition coefficient (Wildman–Crippen LogP) is 2.55. The average molecular weight is 200 g/mol. The summed E-state index contributed by atoms with van der Waals surface area (Å²) in [5.74, 6) is 0.277. The van der Waals surface area contributed by atoms with E-state index in [2.05, 4.69) is 20.8 Å². The van der Waals surface area contributed by atoms with Crippen LogP contribution in [0.25, 0.3) is 0 Å². The summed E-state index contributed by atoms with van der Waals surface area (Å²) in [5.41, 5.74) is 5.59. The maximum Gasteiger partial charge on any atom is 0.0905 e. The second-order valence-corrected chi connectivity index (χ2v) is 4.91. The Morgan fingerprint density at radius 1 is 1.21 bits per heavy atom. The lowest BCUT2D eigenvalue weighted by Crippen LogP contribution is -2.11. The van der Waals surface area contributed by atoms with E-state index in [9.17, 15) is 0 Å². The van der Waals surface area contributed by atoms with Gasteiger partial charge in [0.05, 0.1) is 5.84 Å². The van der Waals surface area contributed by atoms with Crippen LogP contribution in [0.1, 0.15) is 46.5 Å². The van der Waals surface area contributed by atoms with Crippen molar-refractivity contribution in [1.82, 2.24) is 0 Å². The van der Waals surface area contributed by atoms with Gasteiger partial charge in [0.1, 0.15) is 0 Å². The first-order valence-electron chi connectivity index (χ1n) is 5.32. The zero-order chi connectivity index (χ0) is 11.0. The van der Waals surface area contributed by atoms with Gasteiger partial charge in [-0.05, 0) is 24.7 Å². The fraction of sp³-hybridized carbons (Fsp3) is 0.909. The number of nitrogens with two attached hydrogens (primary N) is 1. The molecule has 3 nitrogen and oxygen atoms in total. The lowest BCUT2D eigenvalue weighted by Gasteiger charge is -2.17. The van der Waals surface area contributed by atoms with Gasteiger partial charge in [-0.2, -0.15) is 0 Å². The van der Waals surface area contributed by atoms with Crippen LogP contribution < -0.4 is 5.73 Å². The molecule has 0 spiro atoms. The van der Waals surface area contributed by atoms with Crippen LogP contribution in [0.2, 0.25) is 0 Å². The number of amidine groups is 1.